The number of aliphatic hydroxyl groups is 1. The highest BCUT2D eigenvalue weighted by Crippen LogP contribution is 2.33. The number of hydrogen-bond acceptors (Lipinski definition) is 16. The van der Waals surface area contributed by atoms with Crippen LogP contribution in [0.4, 0.5) is 0 Å². The number of hydrogen-bond donors (Lipinski definition) is 3. The maximum atomic E-state index is 12.3. The number of ether oxygens (including phenoxy) is 8. The lowest BCUT2D eigenvalue weighted by atomic mass is 9.94. The topological polar surface area (TPSA) is 238 Å². The molecule has 0 radical (unpaired) electrons. The number of aliphatic hydroxyl groups excluding tert-OH is 1. The molecule has 18 heteroatoms. The highest BCUT2D eigenvalue weighted by Gasteiger charge is 2.55. The molecule has 0 aromatic heterocycles. The molecule has 2 heterocycles. The molecule has 3 N–H and O–H groups in total. The Hall–Kier alpha value is -3.87. The van der Waals surface area contributed by atoms with Crippen LogP contribution in [0.1, 0.15) is 48.5 Å². The molecule has 18 nitrogen and oxygen atoms in total. The minimum atomic E-state index is -1.81. The molecular formula is C26H38N2O16. The maximum Gasteiger partial charge on any atom is 0.303 e. The van der Waals surface area contributed by atoms with Gasteiger partial charge in [-0.3, -0.25) is 33.6 Å². The second kappa shape index (κ2) is 16.3. The van der Waals surface area contributed by atoms with Gasteiger partial charge in [0.1, 0.15) is 43.6 Å². The van der Waals surface area contributed by atoms with Gasteiger partial charge in [-0.1, -0.05) is 0 Å². The number of carbonyl (C=O) groups excluding carboxylic acids is 7. The van der Waals surface area contributed by atoms with Crippen molar-refractivity contribution in [2.75, 3.05) is 13.2 Å². The van der Waals surface area contributed by atoms with Crippen molar-refractivity contribution in [1.29, 1.82) is 0 Å². The van der Waals surface area contributed by atoms with E-state index < -0.39 is 116 Å². The summed E-state index contributed by atoms with van der Waals surface area (Å²) in [7, 11) is 0. The van der Waals surface area contributed by atoms with Gasteiger partial charge in [-0.05, 0) is 0 Å². The van der Waals surface area contributed by atoms with Gasteiger partial charge in [0.05, 0.1) is 0 Å². The summed E-state index contributed by atoms with van der Waals surface area (Å²) in [5, 5.41) is 15.8. The monoisotopic (exact) mass is 634 g/mol. The quantitative estimate of drug-likeness (QED) is 0.161. The standard InChI is InChI=1S/C26H38N2O16/c1-10(29)27-19-23(21(39-14(5)33)17(42-25(19)36)8-37-12(3)31)44-26-20(28-11(2)30)24(41-16(7)35)22(40-15(6)34)18(43-26)9-38-13(4)32/h17-26,36H,8-9H2,1-7H3,(H,27,29)(H,28,30)/t17-,18-,19-,20-,21-,22-,23-,24-,25+,26+/m1/s1. The SMILES string of the molecule is CC(=O)N[C@@H]1[C@@H](O[C@@H]2O[C@H](COC(C)=O)[C@@H](OC(C)=O)[C@H](OC(C)=O)[C@H]2NC(C)=O)[C@H](OC(C)=O)[C@@H](COC(C)=O)O[C@@H]1O. The van der Waals surface area contributed by atoms with Crippen molar-refractivity contribution in [3.8, 4) is 0 Å². The first-order valence-corrected chi connectivity index (χ1v) is 13.5. The van der Waals surface area contributed by atoms with Crippen molar-refractivity contribution in [1.82, 2.24) is 10.6 Å². The zero-order valence-corrected chi connectivity index (χ0v) is 25.3. The van der Waals surface area contributed by atoms with Crippen molar-refractivity contribution in [3.05, 3.63) is 0 Å². The average molecular weight is 635 g/mol. The van der Waals surface area contributed by atoms with Crippen LogP contribution in [0.2, 0.25) is 0 Å². The highest BCUT2D eigenvalue weighted by atomic mass is 16.7. The molecular weight excluding hydrogens is 596 g/mol. The normalized spacial score (nSPS) is 31.5. The smallest absolute Gasteiger partial charge is 0.303 e. The highest BCUT2D eigenvalue weighted by molar-refractivity contribution is 5.74. The Morgan fingerprint density at radius 2 is 0.977 bits per heavy atom. The van der Waals surface area contributed by atoms with Crippen LogP contribution in [-0.4, -0.2) is 121 Å². The van der Waals surface area contributed by atoms with Crippen LogP contribution in [0.3, 0.4) is 0 Å². The molecule has 0 aliphatic carbocycles. The van der Waals surface area contributed by atoms with E-state index in [1.54, 1.807) is 0 Å². The van der Waals surface area contributed by atoms with Gasteiger partial charge in [-0.2, -0.15) is 0 Å². The van der Waals surface area contributed by atoms with E-state index in [1.165, 1.54) is 0 Å². The van der Waals surface area contributed by atoms with Crippen molar-refractivity contribution in [2.45, 2.75) is 110 Å². The Kier molecular flexibility index (Phi) is 13.4. The molecule has 248 valence electrons. The molecule has 0 unspecified atom stereocenters. The van der Waals surface area contributed by atoms with E-state index in [4.69, 9.17) is 37.9 Å². The summed E-state index contributed by atoms with van der Waals surface area (Å²) in [5.41, 5.74) is 0. The molecule has 2 rings (SSSR count). The summed E-state index contributed by atoms with van der Waals surface area (Å²) < 4.78 is 44.0. The molecule has 0 aromatic carbocycles. The van der Waals surface area contributed by atoms with E-state index in [-0.39, 0.29) is 0 Å². The molecule has 44 heavy (non-hydrogen) atoms. The van der Waals surface area contributed by atoms with Gasteiger partial charge < -0.3 is 53.6 Å². The molecule has 2 fully saturated rings. The Bertz CT molecular complexity index is 1100. The van der Waals surface area contributed by atoms with Crippen molar-refractivity contribution < 1.29 is 76.6 Å². The van der Waals surface area contributed by atoms with E-state index in [9.17, 15) is 38.7 Å². The molecule has 0 bridgehead atoms. The molecule has 2 aliphatic heterocycles. The summed E-state index contributed by atoms with van der Waals surface area (Å²) in [5.74, 6) is -5.31. The van der Waals surface area contributed by atoms with Gasteiger partial charge in [0.25, 0.3) is 0 Å². The van der Waals surface area contributed by atoms with E-state index in [0.29, 0.717) is 0 Å². The number of rotatable bonds is 11. The van der Waals surface area contributed by atoms with Crippen molar-refractivity contribution in [2.24, 2.45) is 0 Å². The third-order valence-electron chi connectivity index (χ3n) is 6.15. The number of esters is 5. The fourth-order valence-electron chi connectivity index (χ4n) is 4.70. The van der Waals surface area contributed by atoms with E-state index in [0.717, 1.165) is 48.5 Å². The van der Waals surface area contributed by atoms with Gasteiger partial charge in [0, 0.05) is 48.5 Å². The minimum Gasteiger partial charge on any atom is -0.463 e. The summed E-state index contributed by atoms with van der Waals surface area (Å²) in [4.78, 5) is 83.9. The fourth-order valence-corrected chi connectivity index (χ4v) is 4.70. The molecule has 10 atom stereocenters. The lowest BCUT2D eigenvalue weighted by Crippen LogP contribution is -2.70. The van der Waals surface area contributed by atoms with Crippen LogP contribution in [0.25, 0.3) is 0 Å². The third kappa shape index (κ3) is 10.7. The fraction of sp³-hybridized carbons (Fsp3) is 0.731. The Balaban J connectivity index is 2.66. The van der Waals surface area contributed by atoms with Crippen LogP contribution < -0.4 is 10.6 Å². The Morgan fingerprint density at radius 1 is 0.568 bits per heavy atom. The predicted molar refractivity (Wildman–Crippen MR) is 140 cm³/mol. The molecule has 2 saturated heterocycles. The maximum absolute atomic E-state index is 12.3. The van der Waals surface area contributed by atoms with Crippen molar-refractivity contribution >= 4 is 41.7 Å². The molecule has 0 saturated carbocycles. The number of nitrogens with one attached hydrogen (secondary N) is 2. The predicted octanol–water partition coefficient (Wildman–Crippen LogP) is -2.26. The van der Waals surface area contributed by atoms with Gasteiger partial charge >= 0.3 is 29.8 Å². The first-order chi connectivity index (χ1) is 20.5. The summed E-state index contributed by atoms with van der Waals surface area (Å²) in [6.07, 6.45) is -12.1. The van der Waals surface area contributed by atoms with Crippen LogP contribution in [0, 0.1) is 0 Å². The van der Waals surface area contributed by atoms with Crippen molar-refractivity contribution in [3.63, 3.8) is 0 Å². The third-order valence-corrected chi connectivity index (χ3v) is 6.15. The first-order valence-electron chi connectivity index (χ1n) is 13.5. The van der Waals surface area contributed by atoms with Gasteiger partial charge in [-0.25, -0.2) is 0 Å². The second-order valence-electron chi connectivity index (χ2n) is 9.99. The number of carbonyl (C=O) groups is 7. The minimum absolute atomic E-state index is 0.517. The van der Waals surface area contributed by atoms with Gasteiger partial charge in [-0.15, -0.1) is 0 Å². The van der Waals surface area contributed by atoms with Crippen LogP contribution in [0.5, 0.6) is 0 Å². The van der Waals surface area contributed by atoms with Gasteiger partial charge in [0.2, 0.25) is 11.8 Å². The summed E-state index contributed by atoms with van der Waals surface area (Å²) >= 11 is 0. The van der Waals surface area contributed by atoms with E-state index >= 15 is 0 Å². The molecule has 2 aliphatic rings. The van der Waals surface area contributed by atoms with Crippen LogP contribution in [-0.2, 0) is 71.5 Å². The largest absolute Gasteiger partial charge is 0.463 e. The molecule has 0 aromatic rings. The molecule has 0 spiro atoms. The average Bonchev–Trinajstić information content (AvgIpc) is 2.87. The zero-order chi connectivity index (χ0) is 33.3. The summed E-state index contributed by atoms with van der Waals surface area (Å²) in [6, 6.07) is -2.88. The van der Waals surface area contributed by atoms with Crippen LogP contribution in [0.15, 0.2) is 0 Å². The Morgan fingerprint density at radius 3 is 1.41 bits per heavy atom. The zero-order valence-electron chi connectivity index (χ0n) is 25.3. The van der Waals surface area contributed by atoms with E-state index in [2.05, 4.69) is 10.6 Å². The first kappa shape index (κ1) is 36.3. The van der Waals surface area contributed by atoms with E-state index in [1.807, 2.05) is 0 Å². The summed E-state index contributed by atoms with van der Waals surface area (Å²) in [6.45, 7) is 6.60. The molecule has 2 amide bonds. The number of amides is 2. The van der Waals surface area contributed by atoms with Gasteiger partial charge in [0.15, 0.2) is 30.9 Å². The second-order valence-corrected chi connectivity index (χ2v) is 9.99. The Labute approximate surface area is 252 Å². The van der Waals surface area contributed by atoms with Crippen LogP contribution >= 0.6 is 0 Å². The lowest BCUT2D eigenvalue weighted by molar-refractivity contribution is -0.326. The lowest BCUT2D eigenvalue weighted by Gasteiger charge is -2.49.